The zero-order valence-electron chi connectivity index (χ0n) is 13.7. The molecule has 0 aliphatic carbocycles. The Morgan fingerprint density at radius 2 is 2.15 bits per heavy atom. The predicted octanol–water partition coefficient (Wildman–Crippen LogP) is 2.49. The van der Waals surface area contributed by atoms with E-state index in [1.165, 1.54) is 23.7 Å². The van der Waals surface area contributed by atoms with Crippen molar-refractivity contribution in [3.63, 3.8) is 0 Å². The molecule has 0 amide bonds. The SMILES string of the molecule is O=S(=O)(NCC(O)(c1ccsc1)c1ccco1)c1ccc2c(c1)CCO2. The van der Waals surface area contributed by atoms with E-state index in [4.69, 9.17) is 9.15 Å². The van der Waals surface area contributed by atoms with E-state index in [2.05, 4.69) is 4.72 Å². The van der Waals surface area contributed by atoms with Gasteiger partial charge in [-0.25, -0.2) is 13.1 Å². The van der Waals surface area contributed by atoms with Gasteiger partial charge in [-0.05, 0) is 52.7 Å². The third-order valence-corrected chi connectivity index (χ3v) is 6.50. The second kappa shape index (κ2) is 6.55. The van der Waals surface area contributed by atoms with Gasteiger partial charge in [-0.2, -0.15) is 11.3 Å². The van der Waals surface area contributed by atoms with Crippen molar-refractivity contribution in [2.45, 2.75) is 16.9 Å². The quantitative estimate of drug-likeness (QED) is 0.674. The summed E-state index contributed by atoms with van der Waals surface area (Å²) < 4.78 is 38.7. The number of hydrogen-bond donors (Lipinski definition) is 2. The van der Waals surface area contributed by atoms with Crippen molar-refractivity contribution in [1.29, 1.82) is 0 Å². The van der Waals surface area contributed by atoms with Crippen LogP contribution in [0.2, 0.25) is 0 Å². The number of hydrogen-bond acceptors (Lipinski definition) is 6. The molecule has 3 aromatic rings. The first kappa shape index (κ1) is 17.3. The van der Waals surface area contributed by atoms with E-state index in [0.717, 1.165) is 5.56 Å². The van der Waals surface area contributed by atoms with Gasteiger partial charge < -0.3 is 14.3 Å². The minimum atomic E-state index is -3.80. The second-order valence-corrected chi connectivity index (χ2v) is 8.59. The molecular weight excluding hydrogens is 374 g/mol. The number of thiophene rings is 1. The summed E-state index contributed by atoms with van der Waals surface area (Å²) in [6.45, 7) is 0.315. The lowest BCUT2D eigenvalue weighted by Crippen LogP contribution is -2.41. The van der Waals surface area contributed by atoms with Crippen LogP contribution in [0.4, 0.5) is 0 Å². The van der Waals surface area contributed by atoms with Crippen LogP contribution in [0.1, 0.15) is 16.9 Å². The molecule has 1 aliphatic heterocycles. The molecule has 1 unspecified atom stereocenters. The minimum absolute atomic E-state index is 0.147. The molecule has 0 bridgehead atoms. The van der Waals surface area contributed by atoms with Gasteiger partial charge in [0.25, 0.3) is 0 Å². The normalized spacial score (nSPS) is 16.0. The van der Waals surface area contributed by atoms with Gasteiger partial charge >= 0.3 is 0 Å². The Balaban J connectivity index is 1.61. The van der Waals surface area contributed by atoms with E-state index in [0.29, 0.717) is 24.3 Å². The highest BCUT2D eigenvalue weighted by Gasteiger charge is 2.36. The van der Waals surface area contributed by atoms with E-state index >= 15 is 0 Å². The lowest BCUT2D eigenvalue weighted by atomic mass is 9.94. The number of sulfonamides is 1. The summed E-state index contributed by atoms with van der Waals surface area (Å²) in [5.41, 5.74) is -0.148. The van der Waals surface area contributed by atoms with Crippen molar-refractivity contribution in [2.24, 2.45) is 0 Å². The molecule has 2 N–H and O–H groups in total. The van der Waals surface area contributed by atoms with Crippen molar-refractivity contribution < 1.29 is 22.7 Å². The van der Waals surface area contributed by atoms with E-state index in [1.807, 2.05) is 5.38 Å². The Bertz CT molecular complexity index is 960. The number of nitrogens with one attached hydrogen (secondary N) is 1. The number of benzene rings is 1. The Hall–Kier alpha value is -2.13. The summed E-state index contributed by atoms with van der Waals surface area (Å²) in [7, 11) is -3.80. The average Bonchev–Trinajstić information content (AvgIpc) is 3.41. The monoisotopic (exact) mass is 391 g/mol. The average molecular weight is 391 g/mol. The Morgan fingerprint density at radius 1 is 1.27 bits per heavy atom. The van der Waals surface area contributed by atoms with Crippen LogP contribution in [-0.4, -0.2) is 26.7 Å². The summed E-state index contributed by atoms with van der Waals surface area (Å²) >= 11 is 1.41. The van der Waals surface area contributed by atoms with Gasteiger partial charge in [0.2, 0.25) is 10.0 Å². The second-order valence-electron chi connectivity index (χ2n) is 6.04. The van der Waals surface area contributed by atoms with Gasteiger partial charge in [-0.1, -0.05) is 0 Å². The van der Waals surface area contributed by atoms with Crippen LogP contribution < -0.4 is 9.46 Å². The number of ether oxygens (including phenoxy) is 1. The first-order valence-corrected chi connectivity index (χ1v) is 10.5. The molecule has 0 saturated carbocycles. The molecule has 1 aliphatic rings. The van der Waals surface area contributed by atoms with Crippen molar-refractivity contribution >= 4 is 21.4 Å². The van der Waals surface area contributed by atoms with E-state index < -0.39 is 15.6 Å². The zero-order valence-corrected chi connectivity index (χ0v) is 15.3. The number of rotatable bonds is 6. The summed E-state index contributed by atoms with van der Waals surface area (Å²) in [6.07, 6.45) is 2.13. The molecule has 8 heteroatoms. The number of aliphatic hydroxyl groups is 1. The maximum absolute atomic E-state index is 12.7. The molecular formula is C18H17NO5S2. The molecule has 4 rings (SSSR count). The Labute approximate surface area is 155 Å². The molecule has 6 nitrogen and oxygen atoms in total. The van der Waals surface area contributed by atoms with Crippen molar-refractivity contribution in [2.75, 3.05) is 13.2 Å². The summed E-state index contributed by atoms with van der Waals surface area (Å²) in [5.74, 6) is 0.996. The van der Waals surface area contributed by atoms with Crippen LogP contribution in [0.3, 0.4) is 0 Å². The molecule has 0 spiro atoms. The van der Waals surface area contributed by atoms with Crippen molar-refractivity contribution in [1.82, 2.24) is 4.72 Å². The molecule has 1 aromatic carbocycles. The van der Waals surface area contributed by atoms with Crippen LogP contribution in [0.25, 0.3) is 0 Å². The Morgan fingerprint density at radius 3 is 2.88 bits per heavy atom. The van der Waals surface area contributed by atoms with Crippen LogP contribution in [0, 0.1) is 0 Å². The first-order chi connectivity index (χ1) is 12.5. The number of furan rings is 1. The smallest absolute Gasteiger partial charge is 0.240 e. The molecule has 3 heterocycles. The molecule has 0 saturated heterocycles. The van der Waals surface area contributed by atoms with Gasteiger partial charge in [-0.3, -0.25) is 0 Å². The fourth-order valence-corrected chi connectivity index (χ4v) is 4.79. The Kier molecular flexibility index (Phi) is 4.36. The standard InChI is InChI=1S/C18H17NO5S2/c20-18(14-6-9-25-11-14,17-2-1-7-24-17)12-19-26(21,22)15-3-4-16-13(10-15)5-8-23-16/h1-4,6-7,9-11,19-20H,5,8,12H2. The van der Waals surface area contributed by atoms with Crippen LogP contribution >= 0.6 is 11.3 Å². The highest BCUT2D eigenvalue weighted by atomic mass is 32.2. The fourth-order valence-electron chi connectivity index (χ4n) is 2.96. The molecule has 136 valence electrons. The van der Waals surface area contributed by atoms with Gasteiger partial charge in [0.1, 0.15) is 11.5 Å². The van der Waals surface area contributed by atoms with Crippen LogP contribution in [0.15, 0.2) is 62.7 Å². The molecule has 2 aromatic heterocycles. The van der Waals surface area contributed by atoms with E-state index in [9.17, 15) is 13.5 Å². The predicted molar refractivity (Wildman–Crippen MR) is 96.9 cm³/mol. The molecule has 0 radical (unpaired) electrons. The van der Waals surface area contributed by atoms with Crippen molar-refractivity contribution in [3.05, 3.63) is 70.3 Å². The molecule has 0 fully saturated rings. The van der Waals surface area contributed by atoms with E-state index in [1.54, 1.807) is 35.7 Å². The lowest BCUT2D eigenvalue weighted by molar-refractivity contribution is 0.0623. The maximum atomic E-state index is 12.7. The lowest BCUT2D eigenvalue weighted by Gasteiger charge is -2.25. The summed E-state index contributed by atoms with van der Waals surface area (Å²) in [4.78, 5) is 0.147. The maximum Gasteiger partial charge on any atom is 0.240 e. The molecule has 26 heavy (non-hydrogen) atoms. The van der Waals surface area contributed by atoms with Crippen molar-refractivity contribution in [3.8, 4) is 5.75 Å². The summed E-state index contributed by atoms with van der Waals surface area (Å²) in [5, 5.41) is 14.7. The van der Waals surface area contributed by atoms with Gasteiger partial charge in [-0.15, -0.1) is 0 Å². The first-order valence-electron chi connectivity index (χ1n) is 8.03. The third kappa shape index (κ3) is 3.05. The zero-order chi connectivity index (χ0) is 18.2. The number of fused-ring (bicyclic) bond motifs is 1. The highest BCUT2D eigenvalue weighted by Crippen LogP contribution is 2.32. The third-order valence-electron chi connectivity index (χ3n) is 4.42. The highest BCUT2D eigenvalue weighted by molar-refractivity contribution is 7.89. The van der Waals surface area contributed by atoms with Gasteiger partial charge in [0, 0.05) is 12.0 Å². The molecule has 1 atom stereocenters. The minimum Gasteiger partial charge on any atom is -0.493 e. The van der Waals surface area contributed by atoms with Crippen LogP contribution in [0.5, 0.6) is 5.75 Å². The van der Waals surface area contributed by atoms with Gasteiger partial charge in [0.05, 0.1) is 24.3 Å². The van der Waals surface area contributed by atoms with Gasteiger partial charge in [0.15, 0.2) is 5.60 Å². The topological polar surface area (TPSA) is 88.8 Å². The largest absolute Gasteiger partial charge is 0.493 e. The fraction of sp³-hybridized carbons (Fsp3) is 0.222. The summed E-state index contributed by atoms with van der Waals surface area (Å²) in [6, 6.07) is 9.80. The van der Waals surface area contributed by atoms with Crippen LogP contribution in [-0.2, 0) is 22.0 Å². The van der Waals surface area contributed by atoms with E-state index in [-0.39, 0.29) is 17.2 Å².